The lowest BCUT2D eigenvalue weighted by molar-refractivity contribution is -0.276. The largest absolute Gasteiger partial charge is 0.457 e. The van der Waals surface area contributed by atoms with Crippen LogP contribution in [0.5, 0.6) is 11.5 Å². The molecule has 8 nitrogen and oxygen atoms in total. The van der Waals surface area contributed by atoms with E-state index in [0.29, 0.717) is 34.9 Å². The Morgan fingerprint density at radius 2 is 1.51 bits per heavy atom. The van der Waals surface area contributed by atoms with Crippen LogP contribution in [0.2, 0.25) is 0 Å². The lowest BCUT2D eigenvalue weighted by Crippen LogP contribution is -2.46. The van der Waals surface area contributed by atoms with Crippen molar-refractivity contribution in [3.8, 4) is 11.5 Å². The van der Waals surface area contributed by atoms with Gasteiger partial charge >= 0.3 is 6.03 Å². The number of nitrogens with one attached hydrogen (secondary N) is 2. The summed E-state index contributed by atoms with van der Waals surface area (Å²) in [5.74, 6) is 1.59. The van der Waals surface area contributed by atoms with E-state index in [1.54, 1.807) is 0 Å². The quantitative estimate of drug-likeness (QED) is 0.154. The summed E-state index contributed by atoms with van der Waals surface area (Å²) in [4.78, 5) is 15.4. The van der Waals surface area contributed by atoms with Gasteiger partial charge in [-0.1, -0.05) is 94.4 Å². The van der Waals surface area contributed by atoms with Gasteiger partial charge in [-0.05, 0) is 83.2 Å². The van der Waals surface area contributed by atoms with Crippen LogP contribution in [0.3, 0.4) is 0 Å². The molecule has 7 rings (SSSR count). The van der Waals surface area contributed by atoms with Crippen LogP contribution in [0, 0.1) is 16.7 Å². The third kappa shape index (κ3) is 8.47. The van der Waals surface area contributed by atoms with Gasteiger partial charge in [-0.15, -0.1) is 0 Å². The van der Waals surface area contributed by atoms with E-state index < -0.39 is 6.29 Å². The van der Waals surface area contributed by atoms with Crippen molar-refractivity contribution < 1.29 is 24.1 Å². The molecule has 2 amide bonds. The second-order valence-electron chi connectivity index (χ2n) is 16.0. The molecule has 2 saturated heterocycles. The maximum Gasteiger partial charge on any atom is 0.319 e. The number of rotatable bonds is 10. The molecule has 0 aromatic heterocycles. The first-order valence-corrected chi connectivity index (χ1v) is 18.3. The van der Waals surface area contributed by atoms with Gasteiger partial charge in [-0.25, -0.2) is 4.79 Å². The first-order valence-electron chi connectivity index (χ1n) is 18.3. The number of amides is 2. The van der Waals surface area contributed by atoms with E-state index in [9.17, 15) is 9.90 Å². The Morgan fingerprint density at radius 1 is 0.843 bits per heavy atom. The molecule has 6 atom stereocenters. The first-order chi connectivity index (χ1) is 24.5. The number of carbonyl (C=O) groups excluding carboxylic acids is 1. The summed E-state index contributed by atoms with van der Waals surface area (Å²) in [6.45, 7) is 11.9. The van der Waals surface area contributed by atoms with E-state index in [1.807, 2.05) is 91.0 Å². The molecule has 2 aliphatic heterocycles. The number of ether oxygens (including phenoxy) is 3. The van der Waals surface area contributed by atoms with Crippen molar-refractivity contribution in [1.29, 1.82) is 0 Å². The normalized spacial score (nSPS) is 27.1. The third-order valence-corrected chi connectivity index (χ3v) is 10.9. The highest BCUT2D eigenvalue weighted by Gasteiger charge is 2.51. The van der Waals surface area contributed by atoms with E-state index >= 15 is 0 Å². The minimum atomic E-state index is -0.526. The summed E-state index contributed by atoms with van der Waals surface area (Å²) < 4.78 is 19.4. The number of benzene rings is 4. The maximum atomic E-state index is 12.7. The van der Waals surface area contributed by atoms with Crippen molar-refractivity contribution in [3.05, 3.63) is 125 Å². The van der Waals surface area contributed by atoms with Crippen LogP contribution in [0.15, 0.2) is 103 Å². The van der Waals surface area contributed by atoms with Crippen LogP contribution in [0.4, 0.5) is 10.5 Å². The summed E-state index contributed by atoms with van der Waals surface area (Å²) >= 11 is 0. The minimum absolute atomic E-state index is 0.0127. The van der Waals surface area contributed by atoms with Gasteiger partial charge in [0, 0.05) is 42.8 Å². The van der Waals surface area contributed by atoms with Gasteiger partial charge in [0.15, 0.2) is 6.29 Å². The second kappa shape index (κ2) is 14.8. The Hall–Kier alpha value is -4.21. The smallest absolute Gasteiger partial charge is 0.319 e. The van der Waals surface area contributed by atoms with Crippen molar-refractivity contribution in [2.24, 2.45) is 16.7 Å². The predicted molar refractivity (Wildman–Crippen MR) is 199 cm³/mol. The van der Waals surface area contributed by atoms with Gasteiger partial charge in [0.1, 0.15) is 11.5 Å². The molecule has 1 aliphatic carbocycles. The van der Waals surface area contributed by atoms with Crippen LogP contribution in [-0.4, -0.2) is 41.3 Å². The summed E-state index contributed by atoms with van der Waals surface area (Å²) in [6, 6.07) is 33.4. The Balaban J connectivity index is 0.992. The Morgan fingerprint density at radius 3 is 2.22 bits per heavy atom. The highest BCUT2D eigenvalue weighted by Crippen LogP contribution is 2.53. The molecule has 0 radical (unpaired) electrons. The number of hydrogen-bond donors (Lipinski definition) is 3. The van der Waals surface area contributed by atoms with Gasteiger partial charge in [0.2, 0.25) is 0 Å². The van der Waals surface area contributed by atoms with Crippen molar-refractivity contribution in [1.82, 2.24) is 10.2 Å². The van der Waals surface area contributed by atoms with E-state index in [2.05, 4.69) is 55.4 Å². The number of nitrogens with zero attached hydrogens (tertiary/aromatic N) is 1. The molecular formula is C43H51N3O5. The molecular weight excluding hydrogens is 638 g/mol. The SMILES string of the molecule is C[C@H]1[C@@H](CN2CC3(C)CC2CC(C)(C)C3)O[C@@H](c2ccc(CNC(=O)Nc3ccc(Oc4ccccc4)cc3)cc2)O[C@H]1c1ccc(CO)cc1. The Kier molecular flexibility index (Phi) is 10.2. The zero-order valence-corrected chi connectivity index (χ0v) is 30.2. The highest BCUT2D eigenvalue weighted by atomic mass is 16.7. The number of anilines is 1. The summed E-state index contributed by atoms with van der Waals surface area (Å²) in [5.41, 5.74) is 5.28. The van der Waals surface area contributed by atoms with Gasteiger partial charge in [0.25, 0.3) is 0 Å². The molecule has 2 unspecified atom stereocenters. The maximum absolute atomic E-state index is 12.7. The summed E-state index contributed by atoms with van der Waals surface area (Å²) in [5, 5.41) is 15.5. The molecule has 1 saturated carbocycles. The Bertz CT molecular complexity index is 1760. The summed E-state index contributed by atoms with van der Waals surface area (Å²) in [6.07, 6.45) is 3.05. The zero-order chi connectivity index (χ0) is 35.6. The van der Waals surface area contributed by atoms with Crippen molar-refractivity contribution in [2.75, 3.05) is 18.4 Å². The van der Waals surface area contributed by atoms with Crippen LogP contribution >= 0.6 is 0 Å². The monoisotopic (exact) mass is 689 g/mol. The number of para-hydroxylation sites is 1. The predicted octanol–water partition coefficient (Wildman–Crippen LogP) is 8.98. The number of likely N-dealkylation sites (tertiary alicyclic amines) is 1. The van der Waals surface area contributed by atoms with E-state index in [4.69, 9.17) is 14.2 Å². The standard InChI is InChI=1S/C43H51N3O5/c1-29-38(25-46-28-43(4)23-35(46)22-42(2,3)27-43)50-40(51-39(29)32-14-12-31(26-47)13-15-32)33-16-10-30(11-17-33)24-44-41(48)45-34-18-20-37(21-19-34)49-36-8-6-5-7-9-36/h5-21,29,35,38-40,47H,22-28H2,1-4H3,(H2,44,45,48)/t29-,35?,38+,39+,40+,43?/m0/s1. The van der Waals surface area contributed by atoms with Gasteiger partial charge in [-0.2, -0.15) is 0 Å². The molecule has 4 aromatic rings. The number of carbonyl (C=O) groups is 1. The number of hydrogen-bond acceptors (Lipinski definition) is 6. The Labute approximate surface area is 302 Å². The molecule has 8 heteroatoms. The highest BCUT2D eigenvalue weighted by molar-refractivity contribution is 5.89. The molecule has 2 heterocycles. The fraction of sp³-hybridized carbons (Fsp3) is 0.419. The van der Waals surface area contributed by atoms with E-state index in [0.717, 1.165) is 41.1 Å². The number of fused-ring (bicyclic) bond motifs is 2. The van der Waals surface area contributed by atoms with Gasteiger partial charge < -0.3 is 30.0 Å². The second-order valence-corrected chi connectivity index (χ2v) is 16.0. The fourth-order valence-corrected chi connectivity index (χ4v) is 8.73. The van der Waals surface area contributed by atoms with Crippen molar-refractivity contribution in [3.63, 3.8) is 0 Å². The van der Waals surface area contributed by atoms with Crippen molar-refractivity contribution in [2.45, 2.75) is 84.6 Å². The molecule has 3 fully saturated rings. The minimum Gasteiger partial charge on any atom is -0.457 e. The molecule has 51 heavy (non-hydrogen) atoms. The van der Waals surface area contributed by atoms with Crippen LogP contribution in [-0.2, 0) is 22.6 Å². The molecule has 3 aliphatic rings. The molecule has 4 aromatic carbocycles. The number of aliphatic hydroxyl groups excluding tert-OH is 1. The lowest BCUT2D eigenvalue weighted by atomic mass is 9.65. The molecule has 3 N–H and O–H groups in total. The molecule has 2 bridgehead atoms. The zero-order valence-electron chi connectivity index (χ0n) is 30.2. The number of urea groups is 1. The van der Waals surface area contributed by atoms with Crippen LogP contribution in [0.25, 0.3) is 0 Å². The third-order valence-electron chi connectivity index (χ3n) is 10.9. The van der Waals surface area contributed by atoms with E-state index in [-0.39, 0.29) is 30.8 Å². The average molecular weight is 690 g/mol. The van der Waals surface area contributed by atoms with Crippen LogP contribution in [0.1, 0.15) is 81.6 Å². The number of aliphatic hydroxyl groups is 1. The first kappa shape index (κ1) is 35.2. The van der Waals surface area contributed by atoms with Gasteiger partial charge in [0.05, 0.1) is 18.8 Å². The van der Waals surface area contributed by atoms with Crippen molar-refractivity contribution >= 4 is 11.7 Å². The van der Waals surface area contributed by atoms with Gasteiger partial charge in [-0.3, -0.25) is 4.90 Å². The fourth-order valence-electron chi connectivity index (χ4n) is 8.73. The molecule has 268 valence electrons. The summed E-state index contributed by atoms with van der Waals surface area (Å²) in [7, 11) is 0. The van der Waals surface area contributed by atoms with E-state index in [1.165, 1.54) is 19.3 Å². The topological polar surface area (TPSA) is 92.3 Å². The van der Waals surface area contributed by atoms with Crippen LogP contribution < -0.4 is 15.4 Å². The average Bonchev–Trinajstić information content (AvgIpc) is 3.36. The lowest BCUT2D eigenvalue weighted by Gasteiger charge is -2.43. The molecule has 0 spiro atoms.